The summed E-state index contributed by atoms with van der Waals surface area (Å²) in [4.78, 5) is 11.8. The zero-order valence-corrected chi connectivity index (χ0v) is 32.8. The van der Waals surface area contributed by atoms with Crippen molar-refractivity contribution >= 4 is 5.97 Å². The predicted octanol–water partition coefficient (Wildman–Crippen LogP) is 5.71. The molecule has 0 aromatic rings. The van der Waals surface area contributed by atoms with Gasteiger partial charge in [-0.25, -0.2) is 0 Å². The van der Waals surface area contributed by atoms with Crippen LogP contribution >= 0.6 is 0 Å². The third-order valence-electron chi connectivity index (χ3n) is 14.4. The monoisotopic (exact) mass is 724 g/mol. The minimum absolute atomic E-state index is 0.00727. The van der Waals surface area contributed by atoms with E-state index in [0.29, 0.717) is 6.42 Å². The van der Waals surface area contributed by atoms with E-state index >= 15 is 0 Å². The Balaban J connectivity index is 1.13. The van der Waals surface area contributed by atoms with Gasteiger partial charge in [0.1, 0.15) is 0 Å². The smallest absolute Gasteiger partial charge is 0.308 e. The maximum atomic E-state index is 11.8. The largest absolute Gasteiger partial charge is 0.481 e. The summed E-state index contributed by atoms with van der Waals surface area (Å²) in [5, 5.41) is 30.7. The van der Waals surface area contributed by atoms with Gasteiger partial charge >= 0.3 is 5.97 Å². The number of methoxy groups -OCH3 is 1. The molecule has 6 saturated heterocycles. The summed E-state index contributed by atoms with van der Waals surface area (Å²) in [7, 11) is 1.77. The Morgan fingerprint density at radius 1 is 0.863 bits per heavy atom. The molecular formula is C40H68O11. The second-order valence-electron chi connectivity index (χ2n) is 18.4. The van der Waals surface area contributed by atoms with E-state index in [0.717, 1.165) is 51.4 Å². The van der Waals surface area contributed by atoms with Gasteiger partial charge in [0.25, 0.3) is 0 Å². The van der Waals surface area contributed by atoms with Crippen molar-refractivity contribution in [2.24, 2.45) is 41.4 Å². The second kappa shape index (κ2) is 14.6. The number of aliphatic carboxylic acids is 1. The van der Waals surface area contributed by atoms with Crippen molar-refractivity contribution in [2.45, 2.75) is 192 Å². The van der Waals surface area contributed by atoms with E-state index in [9.17, 15) is 20.1 Å². The van der Waals surface area contributed by atoms with Gasteiger partial charge in [-0.1, -0.05) is 41.5 Å². The van der Waals surface area contributed by atoms with E-state index in [-0.39, 0.29) is 84.3 Å². The highest BCUT2D eigenvalue weighted by molar-refractivity contribution is 5.70. The Morgan fingerprint density at radius 2 is 1.59 bits per heavy atom. The van der Waals surface area contributed by atoms with Crippen molar-refractivity contribution in [1.29, 1.82) is 0 Å². The highest BCUT2D eigenvalue weighted by Gasteiger charge is 2.65. The lowest BCUT2D eigenvalue weighted by atomic mass is 9.78. The van der Waals surface area contributed by atoms with E-state index in [4.69, 9.17) is 33.2 Å². The van der Waals surface area contributed by atoms with Gasteiger partial charge in [-0.15, -0.1) is 0 Å². The van der Waals surface area contributed by atoms with Crippen molar-refractivity contribution < 1.29 is 53.3 Å². The van der Waals surface area contributed by atoms with Gasteiger partial charge in [0.2, 0.25) is 0 Å². The molecular weight excluding hydrogens is 656 g/mol. The number of aliphatic hydroxyl groups excluding tert-OH is 1. The lowest BCUT2D eigenvalue weighted by Crippen LogP contribution is -2.58. The molecule has 0 radical (unpaired) electrons. The average molecular weight is 725 g/mol. The summed E-state index contributed by atoms with van der Waals surface area (Å²) < 4.78 is 47.0. The molecule has 11 heteroatoms. The van der Waals surface area contributed by atoms with Crippen molar-refractivity contribution in [3.05, 3.63) is 0 Å². The van der Waals surface area contributed by atoms with Crippen LogP contribution in [0, 0.1) is 41.4 Å². The van der Waals surface area contributed by atoms with E-state index in [1.54, 1.807) is 14.0 Å². The normalized spacial score (nSPS) is 54.2. The molecule has 6 aliphatic heterocycles. The molecule has 294 valence electrons. The van der Waals surface area contributed by atoms with Gasteiger partial charge in [-0.2, -0.15) is 0 Å². The number of carbonyl (C=O) groups is 1. The number of hydrogen-bond acceptors (Lipinski definition) is 10. The van der Waals surface area contributed by atoms with Crippen molar-refractivity contribution in [1.82, 2.24) is 0 Å². The molecule has 0 saturated carbocycles. The fraction of sp³-hybridized carbons (Fsp3) is 0.975. The first-order chi connectivity index (χ1) is 23.9. The van der Waals surface area contributed by atoms with E-state index in [1.165, 1.54) is 0 Å². The van der Waals surface area contributed by atoms with Crippen LogP contribution in [0.25, 0.3) is 0 Å². The van der Waals surface area contributed by atoms with E-state index in [2.05, 4.69) is 48.5 Å². The van der Waals surface area contributed by atoms with Gasteiger partial charge in [0.15, 0.2) is 11.6 Å². The van der Waals surface area contributed by atoms with Crippen LogP contribution in [0.15, 0.2) is 0 Å². The number of carboxylic acids is 1. The quantitative estimate of drug-likeness (QED) is 0.269. The van der Waals surface area contributed by atoms with Gasteiger partial charge in [0.05, 0.1) is 72.6 Å². The Hall–Kier alpha value is -0.890. The fourth-order valence-corrected chi connectivity index (χ4v) is 11.3. The summed E-state index contributed by atoms with van der Waals surface area (Å²) >= 11 is 0. The highest BCUT2D eigenvalue weighted by Crippen LogP contribution is 2.57. The van der Waals surface area contributed by atoms with Crippen LogP contribution in [0.3, 0.4) is 0 Å². The second-order valence-corrected chi connectivity index (χ2v) is 18.4. The molecule has 0 aromatic heterocycles. The van der Waals surface area contributed by atoms with Crippen LogP contribution in [0.4, 0.5) is 0 Å². The lowest BCUT2D eigenvalue weighted by molar-refractivity contribution is -0.353. The molecule has 51 heavy (non-hydrogen) atoms. The average Bonchev–Trinajstić information content (AvgIpc) is 3.75. The topological polar surface area (TPSA) is 142 Å². The third kappa shape index (κ3) is 7.19. The first-order valence-corrected chi connectivity index (χ1v) is 20.0. The molecule has 6 heterocycles. The molecule has 0 aromatic carbocycles. The van der Waals surface area contributed by atoms with Crippen molar-refractivity contribution in [3.8, 4) is 0 Å². The maximum absolute atomic E-state index is 11.8. The molecule has 19 atom stereocenters. The molecule has 0 amide bonds. The van der Waals surface area contributed by atoms with Crippen LogP contribution in [0.1, 0.15) is 120 Å². The van der Waals surface area contributed by atoms with E-state index in [1.807, 2.05) is 6.92 Å². The Bertz CT molecular complexity index is 1230. The lowest BCUT2D eigenvalue weighted by Gasteiger charge is -2.50. The molecule has 1 spiro atoms. The zero-order valence-electron chi connectivity index (χ0n) is 32.8. The molecule has 0 bridgehead atoms. The summed E-state index contributed by atoms with van der Waals surface area (Å²) in [5.41, 5.74) is -1.10. The number of rotatable bonds is 9. The Kier molecular flexibility index (Phi) is 11.4. The molecule has 1 unspecified atom stereocenters. The summed E-state index contributed by atoms with van der Waals surface area (Å²) in [6.07, 6.45) is 5.85. The summed E-state index contributed by atoms with van der Waals surface area (Å²) in [5.74, 6) is -3.26. The molecule has 11 nitrogen and oxygen atoms in total. The molecule has 3 N–H and O–H groups in total. The van der Waals surface area contributed by atoms with Crippen LogP contribution in [-0.4, -0.2) is 107 Å². The number of carboxylic acid groups (broad SMARTS) is 1. The van der Waals surface area contributed by atoms with Gasteiger partial charge in [-0.05, 0) is 83.5 Å². The molecule has 6 rings (SSSR count). The summed E-state index contributed by atoms with van der Waals surface area (Å²) in [6, 6.07) is 0. The van der Waals surface area contributed by atoms with Crippen LogP contribution in [0.5, 0.6) is 0 Å². The van der Waals surface area contributed by atoms with Gasteiger partial charge in [-0.3, -0.25) is 4.79 Å². The van der Waals surface area contributed by atoms with Gasteiger partial charge in [0, 0.05) is 37.7 Å². The summed E-state index contributed by atoms with van der Waals surface area (Å²) in [6.45, 7) is 18.4. The van der Waals surface area contributed by atoms with Crippen LogP contribution < -0.4 is 0 Å². The Labute approximate surface area is 305 Å². The van der Waals surface area contributed by atoms with E-state index < -0.39 is 41.3 Å². The van der Waals surface area contributed by atoms with Crippen molar-refractivity contribution in [3.63, 3.8) is 0 Å². The van der Waals surface area contributed by atoms with Crippen LogP contribution in [0.2, 0.25) is 0 Å². The zero-order chi connectivity index (χ0) is 37.3. The van der Waals surface area contributed by atoms with Gasteiger partial charge < -0.3 is 48.5 Å². The first-order valence-electron chi connectivity index (χ1n) is 20.0. The molecule has 6 fully saturated rings. The number of aliphatic hydroxyl groups is 2. The predicted molar refractivity (Wildman–Crippen MR) is 189 cm³/mol. The number of hydrogen-bond donors (Lipinski definition) is 3. The number of ether oxygens (including phenoxy) is 7. The molecule has 6 aliphatic rings. The minimum Gasteiger partial charge on any atom is -0.481 e. The molecule has 0 aliphatic carbocycles. The highest BCUT2D eigenvalue weighted by atomic mass is 16.7. The SMILES string of the molecule is CO[C@H]1C[C@H](C[C@@H]2CC[C@@H](C)C([C@@H](C)C(=O)O)O2)O[C@@]2(O[C@](C)([C@@H]3CC[C@](C)([C@@H]4O[C@@H]([C@@H]5O[C@](O)(CO)[C@@H](C)C[C@H]5C)C[C@@H]4C)O3)C[C@H]2C)[C@H]1C. The van der Waals surface area contributed by atoms with Crippen LogP contribution in [-0.2, 0) is 38.0 Å². The standard InChI is InChI=1S/C40H68O11/c1-21-11-12-28(46-33(21)26(6)36(42)43)17-29-18-30(45-10)27(7)40(48-29)25(5)19-38(9,51-40)32-13-14-37(8,49-32)35-23(3)16-31(47-35)34-22(2)15-24(4)39(44,20-41)50-34/h21-35,41,44H,11-20H2,1-10H3,(H,42,43)/t21-,22-,23+,24+,25-,26-,27+,28+,29+,30+,31-,32+,33?,34-,35-,37-,38+,39-,40+/m1/s1. The fourth-order valence-electron chi connectivity index (χ4n) is 11.3. The third-order valence-corrected chi connectivity index (χ3v) is 14.4. The maximum Gasteiger partial charge on any atom is 0.308 e. The first kappa shape index (κ1) is 39.8. The minimum atomic E-state index is -1.55. The van der Waals surface area contributed by atoms with Crippen molar-refractivity contribution in [2.75, 3.05) is 13.7 Å². The Morgan fingerprint density at radius 3 is 2.25 bits per heavy atom.